The highest BCUT2D eigenvalue weighted by Gasteiger charge is 2.43. The van der Waals surface area contributed by atoms with Crippen molar-refractivity contribution in [3.8, 4) is 5.75 Å². The summed E-state index contributed by atoms with van der Waals surface area (Å²) in [7, 11) is 0. The quantitative estimate of drug-likeness (QED) is 0.850. The molecule has 2 aliphatic heterocycles. The first-order valence-electron chi connectivity index (χ1n) is 7.86. The van der Waals surface area contributed by atoms with E-state index in [0.717, 1.165) is 23.6 Å². The number of aliphatic hydroxyl groups excluding tert-OH is 1. The Morgan fingerprint density at radius 1 is 1.09 bits per heavy atom. The van der Waals surface area contributed by atoms with Crippen molar-refractivity contribution >= 4 is 16.7 Å². The highest BCUT2D eigenvalue weighted by Crippen LogP contribution is 2.37. The predicted octanol–water partition coefficient (Wildman–Crippen LogP) is 2.67. The van der Waals surface area contributed by atoms with Crippen molar-refractivity contribution in [2.45, 2.75) is 43.9 Å². The van der Waals surface area contributed by atoms with Crippen LogP contribution in [0.25, 0.3) is 10.8 Å². The molecule has 2 aliphatic rings. The van der Waals surface area contributed by atoms with Crippen LogP contribution in [0.3, 0.4) is 0 Å². The topological polar surface area (TPSA) is 60.8 Å². The number of carbonyl (C=O) groups excluding carboxylic acids is 1. The zero-order valence-corrected chi connectivity index (χ0v) is 12.3. The lowest BCUT2D eigenvalue weighted by Gasteiger charge is -2.37. The lowest BCUT2D eigenvalue weighted by molar-refractivity contribution is 0.0288. The SMILES string of the molecule is O=C(c1cccc2cc(O)ccc12)N1C2CCC1CC(O)C2. The fraction of sp³-hybridized carbons (Fsp3) is 0.389. The molecule has 4 rings (SSSR count). The molecule has 2 aromatic rings. The van der Waals surface area contributed by atoms with E-state index in [2.05, 4.69) is 0 Å². The minimum Gasteiger partial charge on any atom is -0.508 e. The zero-order chi connectivity index (χ0) is 15.3. The largest absolute Gasteiger partial charge is 0.508 e. The molecule has 0 spiro atoms. The van der Waals surface area contributed by atoms with E-state index < -0.39 is 0 Å². The highest BCUT2D eigenvalue weighted by molar-refractivity contribution is 6.07. The molecule has 2 heterocycles. The average molecular weight is 297 g/mol. The summed E-state index contributed by atoms with van der Waals surface area (Å²) < 4.78 is 0. The Morgan fingerprint density at radius 3 is 2.55 bits per heavy atom. The van der Waals surface area contributed by atoms with Gasteiger partial charge in [0.1, 0.15) is 5.75 Å². The van der Waals surface area contributed by atoms with Crippen molar-refractivity contribution in [3.63, 3.8) is 0 Å². The summed E-state index contributed by atoms with van der Waals surface area (Å²) in [5.41, 5.74) is 0.686. The monoisotopic (exact) mass is 297 g/mol. The van der Waals surface area contributed by atoms with Crippen molar-refractivity contribution in [2.75, 3.05) is 0 Å². The smallest absolute Gasteiger partial charge is 0.254 e. The second-order valence-electron chi connectivity index (χ2n) is 6.43. The minimum atomic E-state index is -0.272. The average Bonchev–Trinajstić information content (AvgIpc) is 2.77. The summed E-state index contributed by atoms with van der Waals surface area (Å²) in [6.07, 6.45) is 3.07. The fourth-order valence-corrected chi connectivity index (χ4v) is 4.08. The Hall–Kier alpha value is -2.07. The number of fused-ring (bicyclic) bond motifs is 3. The molecule has 2 saturated heterocycles. The van der Waals surface area contributed by atoms with Crippen molar-refractivity contribution in [2.24, 2.45) is 0 Å². The summed E-state index contributed by atoms with van der Waals surface area (Å²) in [5, 5.41) is 21.2. The molecule has 0 aliphatic carbocycles. The minimum absolute atomic E-state index is 0.0516. The van der Waals surface area contributed by atoms with Crippen LogP contribution >= 0.6 is 0 Å². The maximum Gasteiger partial charge on any atom is 0.254 e. The van der Waals surface area contributed by atoms with Gasteiger partial charge in [-0.2, -0.15) is 0 Å². The first-order chi connectivity index (χ1) is 10.6. The number of rotatable bonds is 1. The van der Waals surface area contributed by atoms with E-state index in [1.165, 1.54) is 0 Å². The summed E-state index contributed by atoms with van der Waals surface area (Å²) in [6.45, 7) is 0. The molecule has 0 aromatic heterocycles. The summed E-state index contributed by atoms with van der Waals surface area (Å²) in [4.78, 5) is 15.0. The Bertz CT molecular complexity index is 728. The van der Waals surface area contributed by atoms with Crippen LogP contribution in [0.4, 0.5) is 0 Å². The second-order valence-corrected chi connectivity index (χ2v) is 6.43. The molecule has 2 N–H and O–H groups in total. The molecule has 4 heteroatoms. The first kappa shape index (κ1) is 13.6. The number of hydrogen-bond donors (Lipinski definition) is 2. The number of phenolic OH excluding ortho intramolecular Hbond substituents is 1. The van der Waals surface area contributed by atoms with E-state index in [0.29, 0.717) is 18.4 Å². The van der Waals surface area contributed by atoms with E-state index in [1.807, 2.05) is 23.1 Å². The normalized spacial score (nSPS) is 27.3. The third-order valence-corrected chi connectivity index (χ3v) is 5.04. The van der Waals surface area contributed by atoms with E-state index in [9.17, 15) is 15.0 Å². The number of aliphatic hydroxyl groups is 1. The molecular weight excluding hydrogens is 278 g/mol. The van der Waals surface area contributed by atoms with Crippen LogP contribution in [0, 0.1) is 0 Å². The summed E-state index contributed by atoms with van der Waals surface area (Å²) in [6, 6.07) is 11.0. The number of hydrogen-bond acceptors (Lipinski definition) is 3. The molecule has 114 valence electrons. The molecule has 0 saturated carbocycles. The molecule has 4 nitrogen and oxygen atoms in total. The Kier molecular flexibility index (Phi) is 3.08. The van der Waals surface area contributed by atoms with Crippen LogP contribution < -0.4 is 0 Å². The number of phenols is 1. The van der Waals surface area contributed by atoms with Gasteiger partial charge in [0.2, 0.25) is 0 Å². The number of benzene rings is 2. The standard InChI is InChI=1S/C18H19NO3/c20-14-6-7-16-11(8-14)2-1-3-17(16)18(22)19-12-4-5-13(19)10-15(21)9-12/h1-3,6-8,12-13,15,20-21H,4-5,9-10H2. The number of carbonyl (C=O) groups is 1. The lowest BCUT2D eigenvalue weighted by atomic mass is 9.97. The van der Waals surface area contributed by atoms with Gasteiger partial charge in [-0.05, 0) is 60.7 Å². The molecule has 2 aromatic carbocycles. The third-order valence-electron chi connectivity index (χ3n) is 5.04. The summed E-state index contributed by atoms with van der Waals surface area (Å²) in [5.74, 6) is 0.258. The van der Waals surface area contributed by atoms with Crippen LogP contribution in [0.2, 0.25) is 0 Å². The van der Waals surface area contributed by atoms with Gasteiger partial charge in [-0.3, -0.25) is 4.79 Å². The van der Waals surface area contributed by atoms with Gasteiger partial charge in [0.25, 0.3) is 5.91 Å². The number of piperidine rings is 1. The van der Waals surface area contributed by atoms with E-state index in [1.54, 1.807) is 18.2 Å². The Labute approximate surface area is 129 Å². The van der Waals surface area contributed by atoms with Crippen molar-refractivity contribution in [3.05, 3.63) is 42.0 Å². The first-order valence-corrected chi connectivity index (χ1v) is 7.86. The third kappa shape index (κ3) is 2.06. The van der Waals surface area contributed by atoms with Gasteiger partial charge in [-0.1, -0.05) is 12.1 Å². The molecule has 2 unspecified atom stereocenters. The van der Waals surface area contributed by atoms with E-state index in [-0.39, 0.29) is 29.8 Å². The summed E-state index contributed by atoms with van der Waals surface area (Å²) >= 11 is 0. The van der Waals surface area contributed by atoms with Crippen LogP contribution in [-0.2, 0) is 0 Å². The molecule has 0 radical (unpaired) electrons. The predicted molar refractivity (Wildman–Crippen MR) is 83.8 cm³/mol. The van der Waals surface area contributed by atoms with Gasteiger partial charge in [0, 0.05) is 17.6 Å². The number of nitrogens with zero attached hydrogens (tertiary/aromatic N) is 1. The maximum absolute atomic E-state index is 13.0. The van der Waals surface area contributed by atoms with Gasteiger partial charge in [0.05, 0.1) is 6.10 Å². The number of amides is 1. The molecular formula is C18H19NO3. The van der Waals surface area contributed by atoms with Gasteiger partial charge < -0.3 is 15.1 Å². The van der Waals surface area contributed by atoms with Gasteiger partial charge in [-0.15, -0.1) is 0 Å². The van der Waals surface area contributed by atoms with Crippen LogP contribution in [0.1, 0.15) is 36.0 Å². The molecule has 1 amide bonds. The van der Waals surface area contributed by atoms with E-state index >= 15 is 0 Å². The van der Waals surface area contributed by atoms with Crippen LogP contribution in [0.5, 0.6) is 5.75 Å². The van der Waals surface area contributed by atoms with Crippen LogP contribution in [0.15, 0.2) is 36.4 Å². The Morgan fingerprint density at radius 2 is 1.82 bits per heavy atom. The number of aromatic hydroxyl groups is 1. The Balaban J connectivity index is 1.75. The van der Waals surface area contributed by atoms with Crippen molar-refractivity contribution < 1.29 is 15.0 Å². The molecule has 22 heavy (non-hydrogen) atoms. The highest BCUT2D eigenvalue weighted by atomic mass is 16.3. The fourth-order valence-electron chi connectivity index (χ4n) is 4.08. The second kappa shape index (κ2) is 4.99. The zero-order valence-electron chi connectivity index (χ0n) is 12.3. The van der Waals surface area contributed by atoms with Gasteiger partial charge >= 0.3 is 0 Å². The maximum atomic E-state index is 13.0. The van der Waals surface area contributed by atoms with Crippen molar-refractivity contribution in [1.29, 1.82) is 0 Å². The molecule has 2 fully saturated rings. The van der Waals surface area contributed by atoms with Crippen molar-refractivity contribution in [1.82, 2.24) is 4.90 Å². The molecule has 2 atom stereocenters. The van der Waals surface area contributed by atoms with E-state index in [4.69, 9.17) is 0 Å². The van der Waals surface area contributed by atoms with Crippen LogP contribution in [-0.4, -0.2) is 39.2 Å². The molecule has 2 bridgehead atoms. The van der Waals surface area contributed by atoms with Gasteiger partial charge in [0.15, 0.2) is 0 Å². The van der Waals surface area contributed by atoms with Gasteiger partial charge in [-0.25, -0.2) is 0 Å². The lowest BCUT2D eigenvalue weighted by Crippen LogP contribution is -2.48.